The van der Waals surface area contributed by atoms with Gasteiger partial charge in [-0.3, -0.25) is 9.69 Å². The van der Waals surface area contributed by atoms with Gasteiger partial charge in [0, 0.05) is 6.54 Å². The lowest BCUT2D eigenvalue weighted by molar-refractivity contribution is -0.122. The summed E-state index contributed by atoms with van der Waals surface area (Å²) in [5.41, 5.74) is 1.04. The highest BCUT2D eigenvalue weighted by Crippen LogP contribution is 2.33. The summed E-state index contributed by atoms with van der Waals surface area (Å²) in [6, 6.07) is 9.93. The number of carbonyl (C=O) groups is 1. The number of thiocarbonyl (C=S) groups is 1. The van der Waals surface area contributed by atoms with Gasteiger partial charge in [0.2, 0.25) is 0 Å². The van der Waals surface area contributed by atoms with Crippen molar-refractivity contribution in [1.29, 1.82) is 0 Å². The maximum atomic E-state index is 12.6. The van der Waals surface area contributed by atoms with Crippen molar-refractivity contribution in [1.82, 2.24) is 4.90 Å². The molecule has 1 saturated heterocycles. The van der Waals surface area contributed by atoms with Crippen LogP contribution in [0, 0.1) is 5.92 Å². The van der Waals surface area contributed by atoms with Crippen LogP contribution >= 0.6 is 24.0 Å². The minimum atomic E-state index is 0.0637. The Labute approximate surface area is 143 Å². The van der Waals surface area contributed by atoms with E-state index in [-0.39, 0.29) is 5.91 Å². The van der Waals surface area contributed by atoms with Crippen molar-refractivity contribution >= 4 is 40.3 Å². The lowest BCUT2D eigenvalue weighted by Crippen LogP contribution is -2.33. The van der Waals surface area contributed by atoms with Gasteiger partial charge in [-0.15, -0.1) is 0 Å². The number of amides is 1. The summed E-state index contributed by atoms with van der Waals surface area (Å²) in [5.74, 6) is 0.604. The number of nitrogens with zero attached hydrogens (tertiary/aromatic N) is 1. The highest BCUT2D eigenvalue weighted by molar-refractivity contribution is 8.26. The number of hydrogen-bond acceptors (Lipinski definition) is 3. The van der Waals surface area contributed by atoms with Crippen LogP contribution in [0.3, 0.4) is 0 Å². The Balaban J connectivity index is 2.07. The van der Waals surface area contributed by atoms with Gasteiger partial charge in [-0.1, -0.05) is 87.4 Å². The molecule has 0 aliphatic carbocycles. The Hall–Kier alpha value is -1.13. The molecule has 1 aromatic rings. The maximum absolute atomic E-state index is 12.6. The molecular formula is C18H23NOS2. The average Bonchev–Trinajstić information content (AvgIpc) is 2.79. The number of benzene rings is 1. The zero-order chi connectivity index (χ0) is 15.9. The molecule has 0 unspecified atom stereocenters. The molecule has 0 N–H and O–H groups in total. The van der Waals surface area contributed by atoms with Gasteiger partial charge in [0.05, 0.1) is 4.91 Å². The van der Waals surface area contributed by atoms with Gasteiger partial charge in [0.15, 0.2) is 0 Å². The van der Waals surface area contributed by atoms with Crippen LogP contribution < -0.4 is 0 Å². The summed E-state index contributed by atoms with van der Waals surface area (Å²) in [7, 11) is 0. The number of unbranched alkanes of at least 4 members (excludes halogenated alkanes) is 1. The van der Waals surface area contributed by atoms with Gasteiger partial charge in [-0.25, -0.2) is 0 Å². The van der Waals surface area contributed by atoms with Crippen molar-refractivity contribution < 1.29 is 4.79 Å². The second kappa shape index (κ2) is 8.49. The SMILES string of the molecule is CCCC[C@H](CC)CN1C(=O)/C(=C/c2ccccc2)SC1=S. The van der Waals surface area contributed by atoms with Crippen LogP contribution in [0.25, 0.3) is 6.08 Å². The Morgan fingerprint density at radius 2 is 2.00 bits per heavy atom. The third kappa shape index (κ3) is 4.43. The van der Waals surface area contributed by atoms with Gasteiger partial charge >= 0.3 is 0 Å². The van der Waals surface area contributed by atoms with E-state index in [1.165, 1.54) is 31.0 Å². The summed E-state index contributed by atoms with van der Waals surface area (Å²) in [6.45, 7) is 5.15. The van der Waals surface area contributed by atoms with Crippen LogP contribution in [0.2, 0.25) is 0 Å². The number of rotatable bonds is 7. The molecule has 0 saturated carbocycles. The van der Waals surface area contributed by atoms with Crippen molar-refractivity contribution in [2.75, 3.05) is 6.54 Å². The topological polar surface area (TPSA) is 20.3 Å². The summed E-state index contributed by atoms with van der Waals surface area (Å²) < 4.78 is 0.696. The van der Waals surface area contributed by atoms with Gasteiger partial charge in [0.25, 0.3) is 5.91 Å². The number of carbonyl (C=O) groups excluding carboxylic acids is 1. The number of thioether (sulfide) groups is 1. The lowest BCUT2D eigenvalue weighted by atomic mass is 9.99. The fraction of sp³-hybridized carbons (Fsp3) is 0.444. The molecule has 22 heavy (non-hydrogen) atoms. The smallest absolute Gasteiger partial charge is 0.266 e. The minimum Gasteiger partial charge on any atom is -0.293 e. The van der Waals surface area contributed by atoms with E-state index in [4.69, 9.17) is 12.2 Å². The van der Waals surface area contributed by atoms with Gasteiger partial charge < -0.3 is 0 Å². The van der Waals surface area contributed by atoms with Crippen LogP contribution in [0.15, 0.2) is 35.2 Å². The van der Waals surface area contributed by atoms with Crippen LogP contribution in [-0.4, -0.2) is 21.7 Å². The van der Waals surface area contributed by atoms with E-state index in [0.29, 0.717) is 10.2 Å². The molecule has 0 bridgehead atoms. The first kappa shape index (κ1) is 17.2. The van der Waals surface area contributed by atoms with Crippen molar-refractivity contribution in [3.8, 4) is 0 Å². The van der Waals surface area contributed by atoms with Gasteiger partial charge in [0.1, 0.15) is 4.32 Å². The minimum absolute atomic E-state index is 0.0637. The summed E-state index contributed by atoms with van der Waals surface area (Å²) in [4.78, 5) is 15.1. The molecule has 0 spiro atoms. The fourth-order valence-electron chi connectivity index (χ4n) is 2.53. The first-order valence-corrected chi connectivity index (χ1v) is 9.18. The third-order valence-electron chi connectivity index (χ3n) is 3.95. The van der Waals surface area contributed by atoms with E-state index in [1.54, 1.807) is 4.90 Å². The van der Waals surface area contributed by atoms with Crippen molar-refractivity contribution in [2.24, 2.45) is 5.92 Å². The van der Waals surface area contributed by atoms with E-state index in [1.807, 2.05) is 36.4 Å². The third-order valence-corrected chi connectivity index (χ3v) is 5.33. The monoisotopic (exact) mass is 333 g/mol. The Morgan fingerprint density at radius 3 is 2.64 bits per heavy atom. The van der Waals surface area contributed by atoms with Crippen molar-refractivity contribution in [3.05, 3.63) is 40.8 Å². The second-order valence-electron chi connectivity index (χ2n) is 5.62. The first-order chi connectivity index (χ1) is 10.7. The summed E-state index contributed by atoms with van der Waals surface area (Å²) in [6.07, 6.45) is 6.61. The lowest BCUT2D eigenvalue weighted by Gasteiger charge is -2.21. The van der Waals surface area contributed by atoms with Gasteiger partial charge in [-0.2, -0.15) is 0 Å². The van der Waals surface area contributed by atoms with E-state index in [0.717, 1.165) is 23.4 Å². The fourth-order valence-corrected chi connectivity index (χ4v) is 3.81. The van der Waals surface area contributed by atoms with Crippen LogP contribution in [-0.2, 0) is 4.79 Å². The maximum Gasteiger partial charge on any atom is 0.266 e. The Kier molecular flexibility index (Phi) is 6.65. The van der Waals surface area contributed by atoms with E-state index >= 15 is 0 Å². The second-order valence-corrected chi connectivity index (χ2v) is 7.30. The van der Waals surface area contributed by atoms with Crippen molar-refractivity contribution in [2.45, 2.75) is 39.5 Å². The van der Waals surface area contributed by atoms with Crippen molar-refractivity contribution in [3.63, 3.8) is 0 Å². The molecule has 0 radical (unpaired) electrons. The molecule has 1 aliphatic rings. The molecule has 0 aromatic heterocycles. The predicted molar refractivity (Wildman–Crippen MR) is 99.6 cm³/mol. The quantitative estimate of drug-likeness (QED) is 0.511. The molecule has 2 rings (SSSR count). The highest BCUT2D eigenvalue weighted by Gasteiger charge is 2.33. The predicted octanol–water partition coefficient (Wildman–Crippen LogP) is 5.10. The molecule has 1 aliphatic heterocycles. The standard InChI is InChI=1S/C18H23NOS2/c1-3-5-9-14(4-2)13-19-17(20)16(22-18(19)21)12-15-10-7-6-8-11-15/h6-8,10-12,14H,3-5,9,13H2,1-2H3/b16-12-/t14-/m0/s1. The largest absolute Gasteiger partial charge is 0.293 e. The molecule has 1 atom stereocenters. The van der Waals surface area contributed by atoms with E-state index in [2.05, 4.69) is 13.8 Å². The molecule has 4 heteroatoms. The van der Waals surface area contributed by atoms with Crippen LogP contribution in [0.5, 0.6) is 0 Å². The van der Waals surface area contributed by atoms with Gasteiger partial charge in [-0.05, 0) is 24.0 Å². The Morgan fingerprint density at radius 1 is 1.27 bits per heavy atom. The first-order valence-electron chi connectivity index (χ1n) is 7.96. The van der Waals surface area contributed by atoms with Crippen LogP contribution in [0.1, 0.15) is 45.1 Å². The molecule has 1 fully saturated rings. The molecule has 1 amide bonds. The Bertz CT molecular complexity index is 553. The molecule has 1 heterocycles. The molecular weight excluding hydrogens is 310 g/mol. The van der Waals surface area contributed by atoms with E-state index in [9.17, 15) is 4.79 Å². The number of hydrogen-bond donors (Lipinski definition) is 0. The zero-order valence-electron chi connectivity index (χ0n) is 13.2. The normalized spacial score (nSPS) is 18.3. The summed E-state index contributed by atoms with van der Waals surface area (Å²) >= 11 is 6.84. The molecule has 1 aromatic carbocycles. The summed E-state index contributed by atoms with van der Waals surface area (Å²) in [5, 5.41) is 0. The average molecular weight is 334 g/mol. The van der Waals surface area contributed by atoms with E-state index < -0.39 is 0 Å². The van der Waals surface area contributed by atoms with Crippen LogP contribution in [0.4, 0.5) is 0 Å². The molecule has 118 valence electrons. The molecule has 2 nitrogen and oxygen atoms in total. The highest BCUT2D eigenvalue weighted by atomic mass is 32.2. The zero-order valence-corrected chi connectivity index (χ0v) is 14.9.